The largest absolute Gasteiger partial charge is 0.497 e. The Kier molecular flexibility index (Phi) is 4.23. The third kappa shape index (κ3) is 3.20. The highest BCUT2D eigenvalue weighted by Crippen LogP contribution is 2.15. The Bertz CT molecular complexity index is 308. The molecular formula is C10H10Cl2O2. The van der Waals surface area contributed by atoms with E-state index in [0.717, 1.165) is 11.3 Å². The maximum Gasteiger partial charge on any atom is 0.239 e. The molecule has 1 aromatic rings. The van der Waals surface area contributed by atoms with E-state index < -0.39 is 10.6 Å². The van der Waals surface area contributed by atoms with E-state index in [1.807, 2.05) is 24.3 Å². The number of methoxy groups -OCH3 is 1. The van der Waals surface area contributed by atoms with Crippen LogP contribution in [0.2, 0.25) is 0 Å². The third-order valence-corrected chi connectivity index (χ3v) is 2.55. The molecule has 0 aliphatic heterocycles. The lowest BCUT2D eigenvalue weighted by Gasteiger charge is -2.05. The average Bonchev–Trinajstić information content (AvgIpc) is 2.19. The maximum absolute atomic E-state index is 10.7. The minimum Gasteiger partial charge on any atom is -0.497 e. The summed E-state index contributed by atoms with van der Waals surface area (Å²) in [5.41, 5.74) is 0.958. The van der Waals surface area contributed by atoms with Crippen molar-refractivity contribution in [2.75, 3.05) is 7.11 Å². The molecular weight excluding hydrogens is 223 g/mol. The van der Waals surface area contributed by atoms with Gasteiger partial charge in [0.2, 0.25) is 5.24 Å². The van der Waals surface area contributed by atoms with Crippen molar-refractivity contribution in [2.24, 2.45) is 0 Å². The molecule has 0 heterocycles. The molecule has 1 rings (SSSR count). The van der Waals surface area contributed by atoms with Crippen LogP contribution >= 0.6 is 23.2 Å². The molecule has 0 radical (unpaired) electrons. The molecule has 0 saturated carbocycles. The number of carbonyl (C=O) groups excluding carboxylic acids is 1. The van der Waals surface area contributed by atoms with Gasteiger partial charge in [-0.2, -0.15) is 0 Å². The van der Waals surface area contributed by atoms with Gasteiger partial charge in [0.25, 0.3) is 0 Å². The first-order chi connectivity index (χ1) is 6.63. The predicted octanol–water partition coefficient (Wildman–Crippen LogP) is 2.61. The van der Waals surface area contributed by atoms with E-state index in [1.54, 1.807) is 7.11 Å². The molecule has 1 unspecified atom stereocenters. The highest BCUT2D eigenvalue weighted by Gasteiger charge is 2.12. The minimum absolute atomic E-state index is 0.438. The van der Waals surface area contributed by atoms with E-state index in [0.29, 0.717) is 6.42 Å². The van der Waals surface area contributed by atoms with Crippen molar-refractivity contribution in [1.29, 1.82) is 0 Å². The number of carbonyl (C=O) groups is 1. The summed E-state index contributed by atoms with van der Waals surface area (Å²) in [7, 11) is 1.60. The number of benzene rings is 1. The summed E-state index contributed by atoms with van der Waals surface area (Å²) in [6.07, 6.45) is 0.438. The van der Waals surface area contributed by atoms with Crippen LogP contribution in [0.3, 0.4) is 0 Å². The quantitative estimate of drug-likeness (QED) is 0.590. The highest BCUT2D eigenvalue weighted by atomic mass is 35.5. The molecule has 1 aromatic carbocycles. The summed E-state index contributed by atoms with van der Waals surface area (Å²) in [6.45, 7) is 0. The Morgan fingerprint density at radius 2 is 2.00 bits per heavy atom. The fourth-order valence-corrected chi connectivity index (χ4v) is 1.30. The molecule has 2 nitrogen and oxygen atoms in total. The minimum atomic E-state index is -0.662. The van der Waals surface area contributed by atoms with Crippen LogP contribution in [0, 0.1) is 0 Å². The summed E-state index contributed by atoms with van der Waals surface area (Å²) in [5, 5.41) is -1.19. The number of hydrogen-bond acceptors (Lipinski definition) is 2. The lowest BCUT2D eigenvalue weighted by molar-refractivity contribution is -0.111. The number of halogens is 2. The predicted molar refractivity (Wildman–Crippen MR) is 57.2 cm³/mol. The zero-order valence-corrected chi connectivity index (χ0v) is 9.18. The Morgan fingerprint density at radius 3 is 2.43 bits per heavy atom. The number of rotatable bonds is 4. The standard InChI is InChI=1S/C10H10Cl2O2/c1-14-8-4-2-7(3-5-8)6-9(11)10(12)13/h2-5,9H,6H2,1H3. The molecule has 0 aliphatic carbocycles. The van der Waals surface area contributed by atoms with Crippen LogP contribution in [0.15, 0.2) is 24.3 Å². The summed E-state index contributed by atoms with van der Waals surface area (Å²) >= 11 is 11.0. The van der Waals surface area contributed by atoms with E-state index in [4.69, 9.17) is 27.9 Å². The summed E-state index contributed by atoms with van der Waals surface area (Å²) < 4.78 is 5.00. The zero-order valence-electron chi connectivity index (χ0n) is 7.67. The van der Waals surface area contributed by atoms with Crippen molar-refractivity contribution in [3.63, 3.8) is 0 Å². The van der Waals surface area contributed by atoms with Gasteiger partial charge < -0.3 is 4.74 Å². The van der Waals surface area contributed by atoms with E-state index in [9.17, 15) is 4.79 Å². The number of alkyl halides is 1. The monoisotopic (exact) mass is 232 g/mol. The lowest BCUT2D eigenvalue weighted by Crippen LogP contribution is -2.10. The van der Waals surface area contributed by atoms with Crippen LogP contribution in [0.4, 0.5) is 0 Å². The Morgan fingerprint density at radius 1 is 1.43 bits per heavy atom. The van der Waals surface area contributed by atoms with Crippen molar-refractivity contribution < 1.29 is 9.53 Å². The van der Waals surface area contributed by atoms with Crippen molar-refractivity contribution in [3.8, 4) is 5.75 Å². The second-order valence-electron chi connectivity index (χ2n) is 2.82. The van der Waals surface area contributed by atoms with Gasteiger partial charge in [0, 0.05) is 0 Å². The summed E-state index contributed by atoms with van der Waals surface area (Å²) in [4.78, 5) is 10.7. The van der Waals surface area contributed by atoms with Gasteiger partial charge in [0.05, 0.1) is 7.11 Å². The van der Waals surface area contributed by atoms with Crippen LogP contribution in [0.1, 0.15) is 5.56 Å². The van der Waals surface area contributed by atoms with Crippen molar-refractivity contribution >= 4 is 28.4 Å². The molecule has 0 fully saturated rings. The fourth-order valence-electron chi connectivity index (χ4n) is 1.05. The molecule has 14 heavy (non-hydrogen) atoms. The first kappa shape index (κ1) is 11.3. The molecule has 0 spiro atoms. The van der Waals surface area contributed by atoms with Crippen molar-refractivity contribution in [1.82, 2.24) is 0 Å². The van der Waals surface area contributed by atoms with Crippen LogP contribution in [-0.2, 0) is 11.2 Å². The first-order valence-electron chi connectivity index (χ1n) is 4.10. The third-order valence-electron chi connectivity index (χ3n) is 1.82. The second-order valence-corrected chi connectivity index (χ2v) is 3.72. The van der Waals surface area contributed by atoms with E-state index in [1.165, 1.54) is 0 Å². The van der Waals surface area contributed by atoms with Gasteiger partial charge in [0.15, 0.2) is 0 Å². The maximum atomic E-state index is 10.7. The van der Waals surface area contributed by atoms with Gasteiger partial charge in [0.1, 0.15) is 11.1 Å². The Balaban J connectivity index is 2.64. The molecule has 76 valence electrons. The second kappa shape index (κ2) is 5.23. The van der Waals surface area contributed by atoms with Crippen molar-refractivity contribution in [2.45, 2.75) is 11.8 Å². The molecule has 0 bridgehead atoms. The van der Waals surface area contributed by atoms with Gasteiger partial charge in [-0.3, -0.25) is 4.79 Å². The van der Waals surface area contributed by atoms with Crippen LogP contribution < -0.4 is 4.74 Å². The van der Waals surface area contributed by atoms with Gasteiger partial charge >= 0.3 is 0 Å². The number of hydrogen-bond donors (Lipinski definition) is 0. The molecule has 0 amide bonds. The van der Waals surface area contributed by atoms with Gasteiger partial charge in [-0.25, -0.2) is 0 Å². The van der Waals surface area contributed by atoms with E-state index in [2.05, 4.69) is 0 Å². The van der Waals surface area contributed by atoms with Gasteiger partial charge in [-0.05, 0) is 35.7 Å². The normalized spacial score (nSPS) is 12.2. The van der Waals surface area contributed by atoms with Crippen LogP contribution in [0.25, 0.3) is 0 Å². The molecule has 1 atom stereocenters. The summed E-state index contributed by atoms with van der Waals surface area (Å²) in [6, 6.07) is 7.34. The SMILES string of the molecule is COc1ccc(CC(Cl)C(=O)Cl)cc1. The Hall–Kier alpha value is -0.730. The fraction of sp³-hybridized carbons (Fsp3) is 0.300. The van der Waals surface area contributed by atoms with Crippen LogP contribution in [-0.4, -0.2) is 17.7 Å². The average molecular weight is 233 g/mol. The number of ether oxygens (including phenoxy) is 1. The zero-order chi connectivity index (χ0) is 10.6. The summed E-state index contributed by atoms with van der Waals surface area (Å²) in [5.74, 6) is 0.775. The molecule has 0 aromatic heterocycles. The molecule has 0 saturated heterocycles. The molecule has 0 N–H and O–H groups in total. The molecule has 0 aliphatic rings. The van der Waals surface area contributed by atoms with Crippen LogP contribution in [0.5, 0.6) is 5.75 Å². The van der Waals surface area contributed by atoms with E-state index >= 15 is 0 Å². The first-order valence-corrected chi connectivity index (χ1v) is 4.91. The topological polar surface area (TPSA) is 26.3 Å². The van der Waals surface area contributed by atoms with Gasteiger partial charge in [-0.1, -0.05) is 12.1 Å². The van der Waals surface area contributed by atoms with Gasteiger partial charge in [-0.15, -0.1) is 11.6 Å². The Labute approximate surface area is 92.8 Å². The highest BCUT2D eigenvalue weighted by molar-refractivity contribution is 6.69. The lowest BCUT2D eigenvalue weighted by atomic mass is 10.1. The smallest absolute Gasteiger partial charge is 0.239 e. The van der Waals surface area contributed by atoms with E-state index in [-0.39, 0.29) is 0 Å². The molecule has 4 heteroatoms. The van der Waals surface area contributed by atoms with Crippen molar-refractivity contribution in [3.05, 3.63) is 29.8 Å².